The second kappa shape index (κ2) is 11.3. The second-order valence-electron chi connectivity index (χ2n) is 9.31. The zero-order valence-electron chi connectivity index (χ0n) is 20.7. The highest BCUT2D eigenvalue weighted by atomic mass is 19.1. The smallest absolute Gasteiger partial charge is 0.293 e. The van der Waals surface area contributed by atoms with Gasteiger partial charge in [-0.05, 0) is 47.1 Å². The molecule has 7 nitrogen and oxygen atoms in total. The average Bonchev–Trinajstić information content (AvgIpc) is 3.49. The van der Waals surface area contributed by atoms with Gasteiger partial charge in [-0.2, -0.15) is 5.21 Å². The number of rotatable bonds is 11. The lowest BCUT2D eigenvalue weighted by molar-refractivity contribution is 0.433. The van der Waals surface area contributed by atoms with Gasteiger partial charge in [0.2, 0.25) is 5.82 Å². The molecule has 0 aliphatic carbocycles. The number of hydrogen-bond donors (Lipinski definition) is 1. The molecule has 2 aromatic heterocycles. The zero-order chi connectivity index (χ0) is 24.8. The van der Waals surface area contributed by atoms with Crippen molar-refractivity contribution < 1.29 is 4.39 Å². The number of tetrazole rings is 1. The van der Waals surface area contributed by atoms with Crippen LogP contribution in [0.3, 0.4) is 0 Å². The lowest BCUT2D eigenvalue weighted by Crippen LogP contribution is -2.26. The highest BCUT2D eigenvalue weighted by Gasteiger charge is 2.20. The summed E-state index contributed by atoms with van der Waals surface area (Å²) >= 11 is 0. The number of hydrogen-bond acceptors (Lipinski definition) is 4. The Bertz CT molecular complexity index is 1290. The van der Waals surface area contributed by atoms with Crippen molar-refractivity contribution in [1.29, 1.82) is 0 Å². The van der Waals surface area contributed by atoms with Crippen LogP contribution in [-0.4, -0.2) is 29.8 Å². The van der Waals surface area contributed by atoms with E-state index in [2.05, 4.69) is 41.4 Å². The van der Waals surface area contributed by atoms with Gasteiger partial charge in [0, 0.05) is 17.8 Å². The van der Waals surface area contributed by atoms with Crippen LogP contribution in [-0.2, 0) is 26.2 Å². The Morgan fingerprint density at radius 2 is 1.74 bits per heavy atom. The molecule has 0 aliphatic rings. The van der Waals surface area contributed by atoms with Crippen molar-refractivity contribution in [3.05, 3.63) is 76.0 Å². The van der Waals surface area contributed by atoms with Gasteiger partial charge in [0.25, 0.3) is 0 Å². The third kappa shape index (κ3) is 5.42. The van der Waals surface area contributed by atoms with Crippen LogP contribution in [0, 0.1) is 5.92 Å². The van der Waals surface area contributed by atoms with Crippen molar-refractivity contribution in [3.8, 4) is 22.5 Å². The van der Waals surface area contributed by atoms with E-state index < -0.39 is 6.67 Å². The molecule has 0 atom stereocenters. The van der Waals surface area contributed by atoms with E-state index in [1.807, 2.05) is 48.5 Å². The molecular formula is C27H33FN6O. The van der Waals surface area contributed by atoms with E-state index in [9.17, 15) is 9.18 Å². The number of imidazole rings is 1. The van der Waals surface area contributed by atoms with Gasteiger partial charge in [0.05, 0.1) is 12.2 Å². The lowest BCUT2D eigenvalue weighted by atomic mass is 9.98. The zero-order valence-corrected chi connectivity index (χ0v) is 20.7. The molecule has 0 aliphatic heterocycles. The van der Waals surface area contributed by atoms with Crippen LogP contribution in [0.4, 0.5) is 4.39 Å². The first-order chi connectivity index (χ1) is 17.0. The molecular weight excluding hydrogens is 443 g/mol. The molecule has 0 saturated heterocycles. The molecule has 184 valence electrons. The molecule has 0 saturated carbocycles. The SMILES string of the molecule is CCCCc1c(CF)n(CCC(C)C)c(=O)n1Cc1ccc(-c2ccccc2-c2nn[nH]n2)cc1. The number of H-pyrrole nitrogens is 1. The molecule has 0 radical (unpaired) electrons. The van der Waals surface area contributed by atoms with Crippen molar-refractivity contribution in [2.45, 2.75) is 66.2 Å². The van der Waals surface area contributed by atoms with E-state index in [0.29, 0.717) is 36.9 Å². The normalized spacial score (nSPS) is 11.5. The first-order valence-electron chi connectivity index (χ1n) is 12.3. The number of aromatic nitrogens is 6. The van der Waals surface area contributed by atoms with E-state index in [4.69, 9.17) is 0 Å². The van der Waals surface area contributed by atoms with Crippen molar-refractivity contribution in [1.82, 2.24) is 29.8 Å². The summed E-state index contributed by atoms with van der Waals surface area (Å²) in [4.78, 5) is 13.4. The molecule has 0 fully saturated rings. The third-order valence-electron chi connectivity index (χ3n) is 6.39. The lowest BCUT2D eigenvalue weighted by Gasteiger charge is -2.11. The fourth-order valence-electron chi connectivity index (χ4n) is 4.42. The largest absolute Gasteiger partial charge is 0.328 e. The van der Waals surface area contributed by atoms with Crippen LogP contribution in [0.2, 0.25) is 0 Å². The third-order valence-corrected chi connectivity index (χ3v) is 6.39. The van der Waals surface area contributed by atoms with Gasteiger partial charge in [0.15, 0.2) is 0 Å². The first kappa shape index (κ1) is 24.6. The summed E-state index contributed by atoms with van der Waals surface area (Å²) in [6.07, 6.45) is 3.46. The summed E-state index contributed by atoms with van der Waals surface area (Å²) in [5, 5.41) is 14.4. The predicted octanol–water partition coefficient (Wildman–Crippen LogP) is 5.40. The highest BCUT2D eigenvalue weighted by Crippen LogP contribution is 2.30. The summed E-state index contributed by atoms with van der Waals surface area (Å²) in [7, 11) is 0. The van der Waals surface area contributed by atoms with Gasteiger partial charge >= 0.3 is 5.69 Å². The number of alkyl halides is 1. The molecule has 2 heterocycles. The van der Waals surface area contributed by atoms with Crippen molar-refractivity contribution in [2.24, 2.45) is 5.92 Å². The summed E-state index contributed by atoms with van der Waals surface area (Å²) < 4.78 is 17.6. The van der Waals surface area contributed by atoms with Gasteiger partial charge in [-0.1, -0.05) is 75.7 Å². The van der Waals surface area contributed by atoms with Gasteiger partial charge < -0.3 is 0 Å². The molecule has 8 heteroatoms. The molecule has 1 N–H and O–H groups in total. The van der Waals surface area contributed by atoms with E-state index in [1.54, 1.807) is 9.13 Å². The number of benzene rings is 2. The average molecular weight is 477 g/mol. The summed E-state index contributed by atoms with van der Waals surface area (Å²) in [5.74, 6) is 0.984. The topological polar surface area (TPSA) is 81.4 Å². The number of unbranched alkanes of at least 4 members (excludes halogenated alkanes) is 1. The minimum atomic E-state index is -0.620. The van der Waals surface area contributed by atoms with Crippen LogP contribution in [0.25, 0.3) is 22.5 Å². The van der Waals surface area contributed by atoms with Gasteiger partial charge in [-0.3, -0.25) is 9.13 Å². The van der Waals surface area contributed by atoms with Crippen LogP contribution in [0.1, 0.15) is 57.0 Å². The monoisotopic (exact) mass is 476 g/mol. The van der Waals surface area contributed by atoms with E-state index in [0.717, 1.165) is 47.2 Å². The number of aromatic amines is 1. The van der Waals surface area contributed by atoms with Gasteiger partial charge in [0.1, 0.15) is 6.67 Å². The molecule has 35 heavy (non-hydrogen) atoms. The number of nitrogens with one attached hydrogen (secondary N) is 1. The van der Waals surface area contributed by atoms with Crippen LogP contribution in [0.5, 0.6) is 0 Å². The van der Waals surface area contributed by atoms with Crippen LogP contribution < -0.4 is 5.69 Å². The molecule has 2 aromatic carbocycles. The fourth-order valence-corrected chi connectivity index (χ4v) is 4.42. The Balaban J connectivity index is 1.65. The van der Waals surface area contributed by atoms with Crippen LogP contribution >= 0.6 is 0 Å². The summed E-state index contributed by atoms with van der Waals surface area (Å²) in [5.41, 5.74) is 5.16. The second-order valence-corrected chi connectivity index (χ2v) is 9.31. The Labute approximate surface area is 205 Å². The fraction of sp³-hybridized carbons (Fsp3) is 0.407. The minimum absolute atomic E-state index is 0.115. The molecule has 0 unspecified atom stereocenters. The maximum Gasteiger partial charge on any atom is 0.328 e. The van der Waals surface area contributed by atoms with E-state index >= 15 is 0 Å². The van der Waals surface area contributed by atoms with Crippen molar-refractivity contribution in [3.63, 3.8) is 0 Å². The molecule has 0 amide bonds. The molecule has 4 aromatic rings. The van der Waals surface area contributed by atoms with Crippen molar-refractivity contribution in [2.75, 3.05) is 0 Å². The Kier molecular flexibility index (Phi) is 7.90. The minimum Gasteiger partial charge on any atom is -0.293 e. The summed E-state index contributed by atoms with van der Waals surface area (Å²) in [6.45, 7) is 6.70. The van der Waals surface area contributed by atoms with E-state index in [-0.39, 0.29) is 5.69 Å². The Morgan fingerprint density at radius 1 is 1.00 bits per heavy atom. The predicted molar refractivity (Wildman–Crippen MR) is 136 cm³/mol. The molecule has 4 rings (SSSR count). The van der Waals surface area contributed by atoms with Gasteiger partial charge in [-0.15, -0.1) is 10.2 Å². The van der Waals surface area contributed by atoms with Crippen LogP contribution in [0.15, 0.2) is 53.3 Å². The summed E-state index contributed by atoms with van der Waals surface area (Å²) in [6, 6.07) is 16.0. The quantitative estimate of drug-likeness (QED) is 0.314. The Morgan fingerprint density at radius 3 is 2.37 bits per heavy atom. The highest BCUT2D eigenvalue weighted by molar-refractivity contribution is 5.80. The number of halogens is 1. The van der Waals surface area contributed by atoms with Crippen molar-refractivity contribution >= 4 is 0 Å². The number of nitrogens with zero attached hydrogens (tertiary/aromatic N) is 5. The maximum atomic E-state index is 14.1. The van der Waals surface area contributed by atoms with Gasteiger partial charge in [-0.25, -0.2) is 9.18 Å². The van der Waals surface area contributed by atoms with E-state index in [1.165, 1.54) is 0 Å². The Hall–Kier alpha value is -3.55. The standard InChI is InChI=1S/C27H33FN6O/c1-4-5-10-24-25(17-28)33(16-15-19(2)3)27(35)34(24)18-20-11-13-21(14-12-20)22-8-6-7-9-23(22)26-29-31-32-30-26/h6-9,11-14,19H,4-5,10,15-18H2,1-3H3,(H,29,30,31,32). The molecule has 0 bridgehead atoms. The first-order valence-corrected chi connectivity index (χ1v) is 12.3. The maximum absolute atomic E-state index is 14.1. The molecule has 0 spiro atoms.